The molecule has 21 heavy (non-hydrogen) atoms. The van der Waals surface area contributed by atoms with E-state index in [1.54, 1.807) is 10.6 Å². The highest BCUT2D eigenvalue weighted by Gasteiger charge is 2.10. The van der Waals surface area contributed by atoms with Gasteiger partial charge in [0.1, 0.15) is 0 Å². The first-order valence-electron chi connectivity index (χ1n) is 7.54. The lowest BCUT2D eigenvalue weighted by Crippen LogP contribution is -2.27. The van der Waals surface area contributed by atoms with Crippen molar-refractivity contribution in [3.8, 4) is 0 Å². The van der Waals surface area contributed by atoms with Gasteiger partial charge in [0, 0.05) is 24.0 Å². The maximum absolute atomic E-state index is 12.3. The van der Waals surface area contributed by atoms with E-state index in [1.807, 2.05) is 29.9 Å². The molecule has 0 saturated carbocycles. The van der Waals surface area contributed by atoms with Crippen LogP contribution >= 0.6 is 0 Å². The predicted molar refractivity (Wildman–Crippen MR) is 84.3 cm³/mol. The quantitative estimate of drug-likeness (QED) is 0.886. The van der Waals surface area contributed by atoms with E-state index >= 15 is 0 Å². The lowest BCUT2D eigenvalue weighted by atomic mass is 10.2. The Morgan fingerprint density at radius 3 is 2.57 bits per heavy atom. The summed E-state index contributed by atoms with van der Waals surface area (Å²) in [6.07, 6.45) is 4.11. The lowest BCUT2D eigenvalue weighted by molar-refractivity contribution is 0.424. The predicted octanol–water partition coefficient (Wildman–Crippen LogP) is 2.22. The molecule has 5 nitrogen and oxygen atoms in total. The van der Waals surface area contributed by atoms with Gasteiger partial charge in [-0.2, -0.15) is 5.10 Å². The van der Waals surface area contributed by atoms with Crippen molar-refractivity contribution < 1.29 is 0 Å². The van der Waals surface area contributed by atoms with Gasteiger partial charge in [-0.25, -0.2) is 0 Å². The van der Waals surface area contributed by atoms with Crippen LogP contribution in [0.2, 0.25) is 0 Å². The van der Waals surface area contributed by atoms with E-state index in [4.69, 9.17) is 5.73 Å². The monoisotopic (exact) mass is 288 g/mol. The van der Waals surface area contributed by atoms with Crippen LogP contribution in [0.3, 0.4) is 0 Å². The molecule has 0 amide bonds. The van der Waals surface area contributed by atoms with Crippen molar-refractivity contribution in [3.63, 3.8) is 0 Å². The molecule has 0 radical (unpaired) electrons. The molecule has 2 rings (SSSR count). The van der Waals surface area contributed by atoms with Gasteiger partial charge in [0.15, 0.2) is 0 Å². The molecular formula is C16H24N4O. The summed E-state index contributed by atoms with van der Waals surface area (Å²) < 4.78 is 3.74. The minimum Gasteiger partial charge on any atom is -0.326 e. The highest BCUT2D eigenvalue weighted by molar-refractivity contribution is 5.16. The van der Waals surface area contributed by atoms with Crippen LogP contribution in [0.5, 0.6) is 0 Å². The summed E-state index contributed by atoms with van der Waals surface area (Å²) in [4.78, 5) is 12.3. The van der Waals surface area contributed by atoms with Crippen molar-refractivity contribution in [1.82, 2.24) is 14.3 Å². The number of hydrogen-bond acceptors (Lipinski definition) is 3. The van der Waals surface area contributed by atoms with Crippen LogP contribution in [0.15, 0.2) is 29.2 Å². The van der Waals surface area contributed by atoms with Crippen LogP contribution in [0.1, 0.15) is 49.7 Å². The molecule has 0 aliphatic heterocycles. The summed E-state index contributed by atoms with van der Waals surface area (Å²) in [7, 11) is 0. The average Bonchev–Trinajstić information content (AvgIpc) is 2.93. The third-order valence-electron chi connectivity index (χ3n) is 3.99. The Morgan fingerprint density at radius 1 is 1.24 bits per heavy atom. The van der Waals surface area contributed by atoms with Crippen molar-refractivity contribution >= 4 is 0 Å². The van der Waals surface area contributed by atoms with Gasteiger partial charge in [0.05, 0.1) is 18.3 Å². The second kappa shape index (κ2) is 6.72. The fourth-order valence-electron chi connectivity index (χ4n) is 2.56. The fraction of sp³-hybridized carbons (Fsp3) is 0.500. The van der Waals surface area contributed by atoms with Gasteiger partial charge < -0.3 is 10.3 Å². The van der Waals surface area contributed by atoms with Gasteiger partial charge in [-0.1, -0.05) is 19.9 Å². The molecule has 0 bridgehead atoms. The summed E-state index contributed by atoms with van der Waals surface area (Å²) in [5.41, 5.74) is 8.06. The minimum atomic E-state index is -0.0189. The van der Waals surface area contributed by atoms with Crippen LogP contribution in [0, 0.1) is 6.92 Å². The van der Waals surface area contributed by atoms with Crippen LogP contribution in [-0.4, -0.2) is 14.3 Å². The zero-order valence-corrected chi connectivity index (χ0v) is 13.0. The van der Waals surface area contributed by atoms with Crippen molar-refractivity contribution in [2.75, 3.05) is 0 Å². The number of hydrogen-bond donors (Lipinski definition) is 1. The second-order valence-corrected chi connectivity index (χ2v) is 5.35. The number of nitrogens with two attached hydrogens (primary N) is 1. The van der Waals surface area contributed by atoms with E-state index in [1.165, 1.54) is 0 Å². The molecule has 114 valence electrons. The van der Waals surface area contributed by atoms with E-state index in [2.05, 4.69) is 18.9 Å². The molecule has 2 aromatic heterocycles. The Labute approximate surface area is 125 Å². The fourth-order valence-corrected chi connectivity index (χ4v) is 2.56. The van der Waals surface area contributed by atoms with Gasteiger partial charge in [-0.3, -0.25) is 9.48 Å². The molecule has 0 aromatic carbocycles. The highest BCUT2D eigenvalue weighted by Crippen LogP contribution is 2.15. The Morgan fingerprint density at radius 2 is 1.95 bits per heavy atom. The first-order valence-corrected chi connectivity index (χ1v) is 7.54. The SMILES string of the molecule is CCC(CC)n1ccc(Cn2c(C)ccc(CN)c2=O)n1. The van der Waals surface area contributed by atoms with Gasteiger partial charge in [0.25, 0.3) is 5.56 Å². The molecule has 0 aliphatic carbocycles. The first-order chi connectivity index (χ1) is 10.1. The molecule has 0 unspecified atom stereocenters. The molecule has 2 N–H and O–H groups in total. The van der Waals surface area contributed by atoms with Gasteiger partial charge in [-0.15, -0.1) is 0 Å². The van der Waals surface area contributed by atoms with Crippen LogP contribution in [-0.2, 0) is 13.1 Å². The van der Waals surface area contributed by atoms with Crippen molar-refractivity contribution in [1.29, 1.82) is 0 Å². The van der Waals surface area contributed by atoms with Crippen molar-refractivity contribution in [2.45, 2.75) is 52.7 Å². The van der Waals surface area contributed by atoms with Gasteiger partial charge >= 0.3 is 0 Å². The normalized spacial score (nSPS) is 11.3. The third-order valence-corrected chi connectivity index (χ3v) is 3.99. The standard InChI is InChI=1S/C16H24N4O/c1-4-15(5-2)20-9-8-14(18-20)11-19-12(3)6-7-13(10-17)16(19)21/h6-9,15H,4-5,10-11,17H2,1-3H3. The molecule has 2 aromatic rings. The smallest absolute Gasteiger partial charge is 0.255 e. The van der Waals surface area contributed by atoms with Gasteiger partial charge in [0.2, 0.25) is 0 Å². The Balaban J connectivity index is 2.29. The molecule has 0 aliphatic rings. The number of aromatic nitrogens is 3. The third kappa shape index (κ3) is 3.24. The zero-order chi connectivity index (χ0) is 15.4. The molecular weight excluding hydrogens is 264 g/mol. The molecule has 0 atom stereocenters. The number of aryl methyl sites for hydroxylation is 1. The largest absolute Gasteiger partial charge is 0.326 e. The zero-order valence-electron chi connectivity index (χ0n) is 13.0. The summed E-state index contributed by atoms with van der Waals surface area (Å²) in [5.74, 6) is 0. The van der Waals surface area contributed by atoms with E-state index < -0.39 is 0 Å². The Hall–Kier alpha value is -1.88. The molecule has 0 saturated heterocycles. The lowest BCUT2D eigenvalue weighted by Gasteiger charge is -2.13. The summed E-state index contributed by atoms with van der Waals surface area (Å²) >= 11 is 0. The number of nitrogens with zero attached hydrogens (tertiary/aromatic N) is 3. The Kier molecular flexibility index (Phi) is 4.96. The van der Waals surface area contributed by atoms with E-state index in [-0.39, 0.29) is 12.1 Å². The van der Waals surface area contributed by atoms with E-state index in [0.717, 1.165) is 24.2 Å². The van der Waals surface area contributed by atoms with Crippen LogP contribution < -0.4 is 11.3 Å². The van der Waals surface area contributed by atoms with Gasteiger partial charge in [-0.05, 0) is 31.9 Å². The van der Waals surface area contributed by atoms with Crippen molar-refractivity contribution in [3.05, 3.63) is 51.7 Å². The average molecular weight is 288 g/mol. The maximum Gasteiger partial charge on any atom is 0.255 e. The first kappa shape index (κ1) is 15.5. The molecule has 2 heterocycles. The Bertz CT molecular complexity index is 653. The highest BCUT2D eigenvalue weighted by atomic mass is 16.1. The summed E-state index contributed by atoms with van der Waals surface area (Å²) in [6.45, 7) is 7.01. The summed E-state index contributed by atoms with van der Waals surface area (Å²) in [5, 5.41) is 4.61. The van der Waals surface area contributed by atoms with E-state index in [0.29, 0.717) is 18.2 Å². The maximum atomic E-state index is 12.3. The molecule has 5 heteroatoms. The number of rotatable bonds is 6. The minimum absolute atomic E-state index is 0.0189. The van der Waals surface area contributed by atoms with Crippen LogP contribution in [0.25, 0.3) is 0 Å². The van der Waals surface area contributed by atoms with Crippen molar-refractivity contribution in [2.24, 2.45) is 5.73 Å². The van der Waals surface area contributed by atoms with Crippen LogP contribution in [0.4, 0.5) is 0 Å². The number of pyridine rings is 1. The van der Waals surface area contributed by atoms with E-state index in [9.17, 15) is 4.79 Å². The summed E-state index contributed by atoms with van der Waals surface area (Å²) in [6, 6.07) is 6.14. The topological polar surface area (TPSA) is 65.8 Å². The molecule has 0 spiro atoms. The molecule has 0 fully saturated rings. The second-order valence-electron chi connectivity index (χ2n) is 5.35.